The number of hydrogen-bond acceptors (Lipinski definition) is 2. The van der Waals surface area contributed by atoms with Gasteiger partial charge < -0.3 is 5.11 Å². The van der Waals surface area contributed by atoms with Gasteiger partial charge in [0.2, 0.25) is 0 Å². The minimum Gasteiger partial charge on any atom is -0.481 e. The molecule has 0 bridgehead atoms. The third-order valence-corrected chi connectivity index (χ3v) is 4.09. The molecule has 0 amide bonds. The largest absolute Gasteiger partial charge is 0.481 e. The first kappa shape index (κ1) is 14.0. The van der Waals surface area contributed by atoms with Crippen LogP contribution in [-0.2, 0) is 4.79 Å². The summed E-state index contributed by atoms with van der Waals surface area (Å²) in [5.74, 6) is -0.796. The molecular weight excluding hydrogens is 280 g/mol. The normalized spacial score (nSPS) is 12.1. The first-order valence-corrected chi connectivity index (χ1v) is 7.19. The molecule has 1 atom stereocenters. The van der Waals surface area contributed by atoms with Gasteiger partial charge >= 0.3 is 5.97 Å². The molecule has 0 fully saturated rings. The molecule has 0 heterocycles. The van der Waals surface area contributed by atoms with Crippen molar-refractivity contribution in [1.82, 2.24) is 0 Å². The zero-order valence-electron chi connectivity index (χ0n) is 10.1. The molecular formula is C15H13ClO2S. The smallest absolute Gasteiger partial charge is 0.311 e. The minimum absolute atomic E-state index is 0.498. The predicted molar refractivity (Wildman–Crippen MR) is 79.0 cm³/mol. The van der Waals surface area contributed by atoms with Crippen molar-refractivity contribution in [1.29, 1.82) is 0 Å². The molecule has 1 N–H and O–H groups in total. The highest BCUT2D eigenvalue weighted by Crippen LogP contribution is 2.27. The van der Waals surface area contributed by atoms with Crippen LogP contribution in [0, 0.1) is 0 Å². The molecule has 0 saturated heterocycles. The number of carboxylic acid groups (broad SMARTS) is 1. The summed E-state index contributed by atoms with van der Waals surface area (Å²) in [7, 11) is 0. The van der Waals surface area contributed by atoms with Crippen LogP contribution < -0.4 is 0 Å². The average molecular weight is 293 g/mol. The zero-order chi connectivity index (χ0) is 13.7. The summed E-state index contributed by atoms with van der Waals surface area (Å²) in [5, 5.41) is 10.00. The van der Waals surface area contributed by atoms with E-state index in [-0.39, 0.29) is 0 Å². The van der Waals surface area contributed by atoms with Gasteiger partial charge in [-0.2, -0.15) is 0 Å². The summed E-state index contributed by atoms with van der Waals surface area (Å²) in [6, 6.07) is 16.7. The van der Waals surface area contributed by atoms with E-state index in [9.17, 15) is 9.90 Å². The first-order chi connectivity index (χ1) is 9.16. The molecule has 0 radical (unpaired) electrons. The van der Waals surface area contributed by atoms with Crippen LogP contribution in [-0.4, -0.2) is 16.8 Å². The number of carbonyl (C=O) groups is 1. The van der Waals surface area contributed by atoms with Crippen LogP contribution in [0.1, 0.15) is 11.5 Å². The van der Waals surface area contributed by atoms with Crippen LogP contribution in [0.2, 0.25) is 5.02 Å². The van der Waals surface area contributed by atoms with Crippen LogP contribution in [0.3, 0.4) is 0 Å². The van der Waals surface area contributed by atoms with Crippen molar-refractivity contribution >= 4 is 29.3 Å². The number of rotatable bonds is 5. The fraction of sp³-hybridized carbons (Fsp3) is 0.133. The quantitative estimate of drug-likeness (QED) is 0.835. The van der Waals surface area contributed by atoms with Crippen LogP contribution >= 0.6 is 23.4 Å². The number of aliphatic carboxylic acids is 1. The van der Waals surface area contributed by atoms with Gasteiger partial charge in [0, 0.05) is 15.7 Å². The number of benzene rings is 2. The van der Waals surface area contributed by atoms with Gasteiger partial charge in [0.15, 0.2) is 0 Å². The van der Waals surface area contributed by atoms with Crippen molar-refractivity contribution in [3.63, 3.8) is 0 Å². The number of hydrogen-bond donors (Lipinski definition) is 1. The second kappa shape index (κ2) is 6.64. The SMILES string of the molecule is O=C(O)C(CSc1ccc(Cl)cc1)c1ccccc1. The monoisotopic (exact) mass is 292 g/mol. The number of halogens is 1. The van der Waals surface area contributed by atoms with Crippen LogP contribution in [0.15, 0.2) is 59.5 Å². The average Bonchev–Trinajstić information content (AvgIpc) is 2.42. The van der Waals surface area contributed by atoms with E-state index in [0.29, 0.717) is 10.8 Å². The fourth-order valence-corrected chi connectivity index (χ4v) is 2.85. The van der Waals surface area contributed by atoms with Crippen LogP contribution in [0.25, 0.3) is 0 Å². The summed E-state index contributed by atoms with van der Waals surface area (Å²) in [5.41, 5.74) is 0.830. The van der Waals surface area contributed by atoms with E-state index < -0.39 is 11.9 Å². The summed E-state index contributed by atoms with van der Waals surface area (Å²) in [4.78, 5) is 12.4. The highest BCUT2D eigenvalue weighted by Gasteiger charge is 2.19. The maximum atomic E-state index is 11.3. The van der Waals surface area contributed by atoms with E-state index in [4.69, 9.17) is 11.6 Å². The summed E-state index contributed by atoms with van der Waals surface area (Å²) < 4.78 is 0. The summed E-state index contributed by atoms with van der Waals surface area (Å²) >= 11 is 7.34. The van der Waals surface area contributed by atoms with E-state index in [1.165, 1.54) is 11.8 Å². The van der Waals surface area contributed by atoms with Crippen molar-refractivity contribution in [2.45, 2.75) is 10.8 Å². The van der Waals surface area contributed by atoms with E-state index in [2.05, 4.69) is 0 Å². The molecule has 2 aromatic rings. The zero-order valence-corrected chi connectivity index (χ0v) is 11.7. The van der Waals surface area contributed by atoms with E-state index in [1.54, 1.807) is 0 Å². The maximum Gasteiger partial charge on any atom is 0.311 e. The third kappa shape index (κ3) is 4.01. The molecule has 0 saturated carbocycles. The standard InChI is InChI=1S/C15H13ClO2S/c16-12-6-8-13(9-7-12)19-10-14(15(17)18)11-4-2-1-3-5-11/h1-9,14H,10H2,(H,17,18). The molecule has 0 aliphatic carbocycles. The second-order valence-electron chi connectivity index (χ2n) is 4.07. The van der Waals surface area contributed by atoms with E-state index in [0.717, 1.165) is 10.5 Å². The number of thioether (sulfide) groups is 1. The lowest BCUT2D eigenvalue weighted by Gasteiger charge is -2.12. The molecule has 2 nitrogen and oxygen atoms in total. The van der Waals surface area contributed by atoms with Crippen LogP contribution in [0.4, 0.5) is 0 Å². The van der Waals surface area contributed by atoms with Crippen LogP contribution in [0.5, 0.6) is 0 Å². The molecule has 2 aromatic carbocycles. The van der Waals surface area contributed by atoms with Crippen molar-refractivity contribution in [3.05, 3.63) is 65.2 Å². The Morgan fingerprint density at radius 1 is 1.11 bits per heavy atom. The molecule has 1 unspecified atom stereocenters. The Hall–Kier alpha value is -1.45. The maximum absolute atomic E-state index is 11.3. The molecule has 2 rings (SSSR count). The molecule has 4 heteroatoms. The predicted octanol–water partition coefficient (Wildman–Crippen LogP) is 4.30. The van der Waals surface area contributed by atoms with Crippen molar-refractivity contribution in [2.75, 3.05) is 5.75 Å². The van der Waals surface area contributed by atoms with Gasteiger partial charge in [-0.3, -0.25) is 4.79 Å². The molecule has 0 aromatic heterocycles. The van der Waals surface area contributed by atoms with Gasteiger partial charge in [-0.1, -0.05) is 41.9 Å². The highest BCUT2D eigenvalue weighted by molar-refractivity contribution is 7.99. The summed E-state index contributed by atoms with van der Waals surface area (Å²) in [6.45, 7) is 0. The van der Waals surface area contributed by atoms with Gasteiger partial charge in [0.25, 0.3) is 0 Å². The van der Waals surface area contributed by atoms with Crippen molar-refractivity contribution < 1.29 is 9.90 Å². The Kier molecular flexibility index (Phi) is 4.88. The second-order valence-corrected chi connectivity index (χ2v) is 5.60. The van der Waals surface area contributed by atoms with E-state index >= 15 is 0 Å². The Balaban J connectivity index is 2.06. The first-order valence-electron chi connectivity index (χ1n) is 5.83. The molecule has 0 aliphatic rings. The third-order valence-electron chi connectivity index (χ3n) is 2.73. The van der Waals surface area contributed by atoms with Gasteiger partial charge in [-0.05, 0) is 29.8 Å². The molecule has 0 aliphatic heterocycles. The van der Waals surface area contributed by atoms with Gasteiger partial charge in [0.1, 0.15) is 0 Å². The highest BCUT2D eigenvalue weighted by atomic mass is 35.5. The van der Waals surface area contributed by atoms with Crippen molar-refractivity contribution in [3.8, 4) is 0 Å². The topological polar surface area (TPSA) is 37.3 Å². The Bertz CT molecular complexity index is 540. The lowest BCUT2D eigenvalue weighted by molar-refractivity contribution is -0.138. The Labute approximate surface area is 121 Å². The lowest BCUT2D eigenvalue weighted by atomic mass is 10.0. The molecule has 19 heavy (non-hydrogen) atoms. The fourth-order valence-electron chi connectivity index (χ4n) is 1.71. The Morgan fingerprint density at radius 3 is 2.32 bits per heavy atom. The van der Waals surface area contributed by atoms with E-state index in [1.807, 2.05) is 54.6 Å². The van der Waals surface area contributed by atoms with Gasteiger partial charge in [-0.15, -0.1) is 11.8 Å². The minimum atomic E-state index is -0.798. The summed E-state index contributed by atoms with van der Waals surface area (Å²) in [6.07, 6.45) is 0. The number of carboxylic acids is 1. The molecule has 0 spiro atoms. The van der Waals surface area contributed by atoms with Crippen molar-refractivity contribution in [2.24, 2.45) is 0 Å². The Morgan fingerprint density at radius 2 is 1.74 bits per heavy atom. The lowest BCUT2D eigenvalue weighted by Crippen LogP contribution is -2.13. The van der Waals surface area contributed by atoms with Gasteiger partial charge in [0.05, 0.1) is 5.92 Å². The van der Waals surface area contributed by atoms with Gasteiger partial charge in [-0.25, -0.2) is 0 Å². The molecule has 98 valence electrons.